The molecule has 3 N–H and O–H groups in total. The van der Waals surface area contributed by atoms with Gasteiger partial charge in [0.25, 0.3) is 0 Å². The van der Waals surface area contributed by atoms with Gasteiger partial charge in [-0.1, -0.05) is 19.9 Å². The van der Waals surface area contributed by atoms with Crippen LogP contribution in [-0.4, -0.2) is 59.1 Å². The fraction of sp³-hybridized carbons (Fsp3) is 0.514. The molecule has 3 atom stereocenters. The standard InChI is InChI=1S/C37H48N4O6/c1-8-23(4)35(44)47-36(5,6)37(18-26-13-24-10-12-34(43)45-30(24)16-31(26)46-37)17-25-14-32(38)40-20-27(25)15-33(42)41-21-28(19-39-7)29(41)11-9-22(2)3/h8,10,12-14,16,20,22,28-29,39H,9,11,15,17-19,21H2,1-7H3,(H2,38,40). The Morgan fingerprint density at radius 3 is 2.70 bits per heavy atom. The Balaban J connectivity index is 1.49. The van der Waals surface area contributed by atoms with Gasteiger partial charge in [-0.25, -0.2) is 14.6 Å². The van der Waals surface area contributed by atoms with Crippen molar-refractivity contribution in [2.24, 2.45) is 11.8 Å². The topological polar surface area (TPSA) is 137 Å². The second kappa shape index (κ2) is 13.5. The van der Waals surface area contributed by atoms with Gasteiger partial charge in [0.05, 0.1) is 6.42 Å². The van der Waals surface area contributed by atoms with E-state index in [-0.39, 0.29) is 24.8 Å². The number of anilines is 1. The maximum atomic E-state index is 13.8. The summed E-state index contributed by atoms with van der Waals surface area (Å²) in [5.74, 6) is 1.46. The van der Waals surface area contributed by atoms with Crippen molar-refractivity contribution in [3.05, 3.63) is 75.3 Å². The SMILES string of the molecule is CC=C(C)C(=O)OC(C)(C)C1(Cc2cc(N)ncc2CC(=O)N2CC(CNC)C2CCC(C)C)Cc2cc3ccc(=O)oc3cc2O1. The number of amides is 1. The quantitative estimate of drug-likeness (QED) is 0.159. The Morgan fingerprint density at radius 1 is 1.23 bits per heavy atom. The minimum absolute atomic E-state index is 0.0549. The number of pyridine rings is 1. The molecule has 0 saturated carbocycles. The van der Waals surface area contributed by atoms with E-state index in [2.05, 4.69) is 24.1 Å². The van der Waals surface area contributed by atoms with Gasteiger partial charge in [0.2, 0.25) is 5.91 Å². The number of aromatic nitrogens is 1. The van der Waals surface area contributed by atoms with Crippen LogP contribution in [0.4, 0.5) is 5.82 Å². The van der Waals surface area contributed by atoms with Crippen molar-refractivity contribution in [3.63, 3.8) is 0 Å². The summed E-state index contributed by atoms with van der Waals surface area (Å²) >= 11 is 0. The van der Waals surface area contributed by atoms with Crippen molar-refractivity contribution in [3.8, 4) is 5.75 Å². The van der Waals surface area contributed by atoms with E-state index in [4.69, 9.17) is 19.6 Å². The van der Waals surface area contributed by atoms with Crippen molar-refractivity contribution in [1.29, 1.82) is 0 Å². The summed E-state index contributed by atoms with van der Waals surface area (Å²) in [6.07, 6.45) is 6.27. The molecule has 2 aliphatic rings. The molecule has 2 aliphatic heterocycles. The molecule has 47 heavy (non-hydrogen) atoms. The largest absolute Gasteiger partial charge is 0.482 e. The molecule has 3 aromatic rings. The van der Waals surface area contributed by atoms with Gasteiger partial charge in [-0.15, -0.1) is 0 Å². The molecule has 10 heteroatoms. The fourth-order valence-electron chi connectivity index (χ4n) is 6.81. The highest BCUT2D eigenvalue weighted by Crippen LogP contribution is 2.46. The first-order valence-corrected chi connectivity index (χ1v) is 16.5. The molecule has 5 rings (SSSR count). The third-order valence-corrected chi connectivity index (χ3v) is 9.91. The van der Waals surface area contributed by atoms with Gasteiger partial charge >= 0.3 is 11.6 Å². The minimum Gasteiger partial charge on any atom is -0.482 e. The highest BCUT2D eigenvalue weighted by atomic mass is 16.6. The van der Waals surface area contributed by atoms with Crippen LogP contribution in [0.2, 0.25) is 0 Å². The number of rotatable bonds is 12. The zero-order valence-corrected chi connectivity index (χ0v) is 28.6. The van der Waals surface area contributed by atoms with Crippen molar-refractivity contribution < 1.29 is 23.5 Å². The number of hydrogen-bond acceptors (Lipinski definition) is 9. The number of fused-ring (bicyclic) bond motifs is 2. The molecule has 10 nitrogen and oxygen atoms in total. The summed E-state index contributed by atoms with van der Waals surface area (Å²) in [5, 5.41) is 4.04. The summed E-state index contributed by atoms with van der Waals surface area (Å²) in [4.78, 5) is 45.3. The number of nitrogens with two attached hydrogens (primary N) is 1. The zero-order valence-electron chi connectivity index (χ0n) is 28.6. The molecule has 0 radical (unpaired) electrons. The Bertz CT molecular complexity index is 1740. The van der Waals surface area contributed by atoms with Crippen molar-refractivity contribution >= 4 is 28.7 Å². The molecule has 2 aromatic heterocycles. The summed E-state index contributed by atoms with van der Waals surface area (Å²) in [6.45, 7) is 13.2. The van der Waals surface area contributed by atoms with Crippen LogP contribution in [0.15, 0.2) is 57.4 Å². The first-order chi connectivity index (χ1) is 22.3. The molecular weight excluding hydrogens is 596 g/mol. The van der Waals surface area contributed by atoms with Crippen LogP contribution in [0.3, 0.4) is 0 Å². The van der Waals surface area contributed by atoms with Crippen molar-refractivity contribution in [1.82, 2.24) is 15.2 Å². The molecule has 1 aromatic carbocycles. The fourth-order valence-corrected chi connectivity index (χ4v) is 6.81. The van der Waals surface area contributed by atoms with E-state index in [1.54, 1.807) is 44.3 Å². The van der Waals surface area contributed by atoms with E-state index in [9.17, 15) is 14.4 Å². The lowest BCUT2D eigenvalue weighted by atomic mass is 9.76. The van der Waals surface area contributed by atoms with Gasteiger partial charge in [0.1, 0.15) is 22.8 Å². The predicted molar refractivity (Wildman–Crippen MR) is 182 cm³/mol. The first kappa shape index (κ1) is 34.2. The lowest BCUT2D eigenvalue weighted by Crippen LogP contribution is -2.61. The average molecular weight is 645 g/mol. The van der Waals surface area contributed by atoms with Gasteiger partial charge < -0.3 is 29.8 Å². The van der Waals surface area contributed by atoms with Crippen molar-refractivity contribution in [2.45, 2.75) is 90.9 Å². The number of carbonyl (C=O) groups is 2. The number of likely N-dealkylation sites (tertiary alicyclic amines) is 1. The maximum absolute atomic E-state index is 13.8. The Kier molecular flexibility index (Phi) is 9.82. The summed E-state index contributed by atoms with van der Waals surface area (Å²) in [5.41, 5.74) is 6.89. The number of hydrogen-bond donors (Lipinski definition) is 2. The number of nitrogens with zero attached hydrogens (tertiary/aromatic N) is 2. The normalized spacial score (nSPS) is 21.0. The lowest BCUT2D eigenvalue weighted by Gasteiger charge is -2.49. The Hall–Kier alpha value is -4.18. The van der Waals surface area contributed by atoms with E-state index in [1.165, 1.54) is 6.07 Å². The average Bonchev–Trinajstić information content (AvgIpc) is 3.36. The number of nitrogen functional groups attached to an aromatic ring is 1. The Morgan fingerprint density at radius 2 is 2.00 bits per heavy atom. The summed E-state index contributed by atoms with van der Waals surface area (Å²) < 4.78 is 18.4. The molecule has 3 unspecified atom stereocenters. The van der Waals surface area contributed by atoms with Crippen LogP contribution >= 0.6 is 0 Å². The lowest BCUT2D eigenvalue weighted by molar-refractivity contribution is -0.174. The maximum Gasteiger partial charge on any atom is 0.336 e. The number of carbonyl (C=O) groups excluding carboxylic acids is 2. The van der Waals surface area contributed by atoms with Gasteiger partial charge in [0, 0.05) is 67.2 Å². The smallest absolute Gasteiger partial charge is 0.336 e. The van der Waals surface area contributed by atoms with Gasteiger partial charge in [-0.2, -0.15) is 0 Å². The molecule has 1 saturated heterocycles. The summed E-state index contributed by atoms with van der Waals surface area (Å²) in [7, 11) is 1.95. The number of benzene rings is 1. The van der Waals surface area contributed by atoms with Crippen LogP contribution in [-0.2, 0) is 33.6 Å². The number of allylic oxidation sites excluding steroid dienone is 1. The number of nitrogens with one attached hydrogen (secondary N) is 1. The predicted octanol–water partition coefficient (Wildman–Crippen LogP) is 5.00. The van der Waals surface area contributed by atoms with Crippen LogP contribution in [0, 0.1) is 11.8 Å². The van der Waals surface area contributed by atoms with Crippen LogP contribution in [0.1, 0.15) is 71.1 Å². The first-order valence-electron chi connectivity index (χ1n) is 16.5. The third kappa shape index (κ3) is 7.07. The second-order valence-electron chi connectivity index (χ2n) is 14.0. The van der Waals surface area contributed by atoms with Crippen LogP contribution in [0.25, 0.3) is 11.0 Å². The number of esters is 1. The molecule has 252 valence electrons. The van der Waals surface area contributed by atoms with Gasteiger partial charge in [-0.05, 0) is 88.4 Å². The molecule has 1 amide bonds. The molecule has 0 aliphatic carbocycles. The van der Waals surface area contributed by atoms with E-state index < -0.39 is 22.8 Å². The van der Waals surface area contributed by atoms with Gasteiger partial charge in [0.15, 0.2) is 5.60 Å². The van der Waals surface area contributed by atoms with E-state index >= 15 is 0 Å². The monoisotopic (exact) mass is 644 g/mol. The molecule has 1 fully saturated rings. The highest BCUT2D eigenvalue weighted by molar-refractivity contribution is 5.88. The third-order valence-electron chi connectivity index (χ3n) is 9.91. The molecular formula is C37H48N4O6. The number of ether oxygens (including phenoxy) is 2. The zero-order chi connectivity index (χ0) is 34.1. The van der Waals surface area contributed by atoms with E-state index in [0.717, 1.165) is 48.0 Å². The van der Waals surface area contributed by atoms with E-state index in [1.807, 2.05) is 31.9 Å². The van der Waals surface area contributed by atoms with Crippen LogP contribution < -0.4 is 21.4 Å². The second-order valence-corrected chi connectivity index (χ2v) is 14.0. The van der Waals surface area contributed by atoms with Crippen LogP contribution in [0.5, 0.6) is 5.75 Å². The molecule has 0 bridgehead atoms. The minimum atomic E-state index is -1.14. The molecule has 4 heterocycles. The highest BCUT2D eigenvalue weighted by Gasteiger charge is 2.54. The molecule has 0 spiro atoms. The van der Waals surface area contributed by atoms with Crippen molar-refractivity contribution in [2.75, 3.05) is 25.9 Å². The van der Waals surface area contributed by atoms with E-state index in [0.29, 0.717) is 41.0 Å². The Labute approximate surface area is 276 Å². The van der Waals surface area contributed by atoms with Gasteiger partial charge in [-0.3, -0.25) is 4.79 Å². The summed E-state index contributed by atoms with van der Waals surface area (Å²) in [6, 6.07) is 8.76.